The topological polar surface area (TPSA) is 58.4 Å². The van der Waals surface area contributed by atoms with E-state index in [0.29, 0.717) is 31.7 Å². The number of nitro groups is 1. The molecule has 23 heavy (non-hydrogen) atoms. The molecule has 1 saturated heterocycles. The number of hydrogen-bond acceptors (Lipinski definition) is 4. The maximum Gasteiger partial charge on any atom is 0.390 e. The van der Waals surface area contributed by atoms with Crippen molar-refractivity contribution in [2.75, 3.05) is 26.2 Å². The highest BCUT2D eigenvalue weighted by atomic mass is 35.5. The molecule has 0 spiro atoms. The molecule has 5 nitrogen and oxygen atoms in total. The van der Waals surface area contributed by atoms with Crippen LogP contribution in [0.15, 0.2) is 24.3 Å². The van der Waals surface area contributed by atoms with Gasteiger partial charge in [-0.15, -0.1) is 24.8 Å². The zero-order valence-electron chi connectivity index (χ0n) is 12.1. The van der Waals surface area contributed by atoms with Crippen LogP contribution in [0.4, 0.5) is 18.9 Å². The highest BCUT2D eigenvalue weighted by molar-refractivity contribution is 5.85. The van der Waals surface area contributed by atoms with Gasteiger partial charge in [-0.1, -0.05) is 12.1 Å². The third-order valence-corrected chi connectivity index (χ3v) is 3.48. The van der Waals surface area contributed by atoms with Crippen molar-refractivity contribution >= 4 is 30.5 Å². The normalized spacial score (nSPS) is 16.8. The Hall–Kier alpha value is -1.09. The number of nitrogens with one attached hydrogen (secondary N) is 1. The number of hydrogen-bond donors (Lipinski definition) is 1. The lowest BCUT2D eigenvalue weighted by molar-refractivity contribution is -0.385. The molecule has 132 valence electrons. The molecule has 1 aliphatic heterocycles. The van der Waals surface area contributed by atoms with Crippen LogP contribution in [0.3, 0.4) is 0 Å². The second-order valence-electron chi connectivity index (χ2n) is 4.97. The van der Waals surface area contributed by atoms with Gasteiger partial charge in [0.2, 0.25) is 0 Å². The minimum Gasteiger partial charge on any atom is -0.314 e. The molecule has 1 aromatic rings. The highest BCUT2D eigenvalue weighted by Crippen LogP contribution is 2.35. The minimum absolute atomic E-state index is 0. The molecule has 1 heterocycles. The first-order valence-electron chi connectivity index (χ1n) is 6.63. The van der Waals surface area contributed by atoms with E-state index in [9.17, 15) is 23.3 Å². The first kappa shape index (κ1) is 21.9. The molecule has 0 bridgehead atoms. The van der Waals surface area contributed by atoms with Crippen LogP contribution in [0.5, 0.6) is 0 Å². The Morgan fingerprint density at radius 1 is 1.26 bits per heavy atom. The molecule has 0 aromatic heterocycles. The van der Waals surface area contributed by atoms with E-state index in [-0.39, 0.29) is 30.5 Å². The molecule has 1 atom stereocenters. The second-order valence-corrected chi connectivity index (χ2v) is 4.97. The molecule has 0 saturated carbocycles. The van der Waals surface area contributed by atoms with Crippen LogP contribution < -0.4 is 5.32 Å². The standard InChI is InChI=1S/C13H16F3N3O2.2ClH/c14-13(15,16)9-12(18-6-4-17-5-7-18)10-2-1-3-11(8-10)19(20)21;;/h1-3,8,12,17H,4-7,9H2;2*1H/t12-;;/m0../s1. The van der Waals surface area contributed by atoms with Gasteiger partial charge >= 0.3 is 6.18 Å². The summed E-state index contributed by atoms with van der Waals surface area (Å²) < 4.78 is 38.5. The number of non-ortho nitro benzene ring substituents is 1. The van der Waals surface area contributed by atoms with E-state index >= 15 is 0 Å². The number of rotatable bonds is 4. The smallest absolute Gasteiger partial charge is 0.314 e. The summed E-state index contributed by atoms with van der Waals surface area (Å²) in [5.41, 5.74) is 0.151. The first-order valence-corrected chi connectivity index (χ1v) is 6.63. The van der Waals surface area contributed by atoms with Gasteiger partial charge in [-0.25, -0.2) is 0 Å². The van der Waals surface area contributed by atoms with Crippen LogP contribution in [0, 0.1) is 10.1 Å². The van der Waals surface area contributed by atoms with Gasteiger partial charge in [0.25, 0.3) is 5.69 Å². The molecule has 0 aliphatic carbocycles. The molecule has 0 unspecified atom stereocenters. The molecule has 0 amide bonds. The second kappa shape index (κ2) is 9.27. The Morgan fingerprint density at radius 2 is 1.87 bits per heavy atom. The quantitative estimate of drug-likeness (QED) is 0.647. The Balaban J connectivity index is 0.00000242. The van der Waals surface area contributed by atoms with Crippen LogP contribution in [0.1, 0.15) is 18.0 Å². The highest BCUT2D eigenvalue weighted by Gasteiger charge is 2.36. The van der Waals surface area contributed by atoms with Gasteiger partial charge in [-0.05, 0) is 5.56 Å². The lowest BCUT2D eigenvalue weighted by atomic mass is 10.0. The molecule has 1 aromatic carbocycles. The molecular weight excluding hydrogens is 358 g/mol. The number of nitro benzene ring substituents is 1. The van der Waals surface area contributed by atoms with Crippen molar-refractivity contribution in [1.29, 1.82) is 0 Å². The molecule has 10 heteroatoms. The summed E-state index contributed by atoms with van der Waals surface area (Å²) in [7, 11) is 0. The lowest BCUT2D eigenvalue weighted by Gasteiger charge is -2.35. The molecule has 1 N–H and O–H groups in total. The van der Waals surface area contributed by atoms with E-state index in [1.165, 1.54) is 24.3 Å². The SMILES string of the molecule is Cl.Cl.O=[N+]([O-])c1cccc([C@H](CC(F)(F)F)N2CCNCC2)c1. The van der Waals surface area contributed by atoms with Gasteiger partial charge < -0.3 is 5.32 Å². The lowest BCUT2D eigenvalue weighted by Crippen LogP contribution is -2.46. The van der Waals surface area contributed by atoms with Crippen molar-refractivity contribution in [3.63, 3.8) is 0 Å². The first-order chi connectivity index (χ1) is 9.87. The number of halogens is 5. The molecular formula is C13H18Cl2F3N3O2. The van der Waals surface area contributed by atoms with Crippen LogP contribution in [0.2, 0.25) is 0 Å². The number of nitrogens with zero attached hydrogens (tertiary/aromatic N) is 2. The average molecular weight is 376 g/mol. The number of benzene rings is 1. The molecule has 1 aliphatic rings. The number of alkyl halides is 3. The van der Waals surface area contributed by atoms with Gasteiger partial charge in [0.05, 0.1) is 11.3 Å². The molecule has 0 radical (unpaired) electrons. The van der Waals surface area contributed by atoms with E-state index in [2.05, 4.69) is 5.32 Å². The van der Waals surface area contributed by atoms with Crippen molar-refractivity contribution in [3.05, 3.63) is 39.9 Å². The number of piperazine rings is 1. The average Bonchev–Trinajstić information content (AvgIpc) is 2.45. The van der Waals surface area contributed by atoms with Gasteiger partial charge in [-0.2, -0.15) is 13.2 Å². The van der Waals surface area contributed by atoms with E-state index in [1.54, 1.807) is 4.90 Å². The van der Waals surface area contributed by atoms with Crippen molar-refractivity contribution in [1.82, 2.24) is 10.2 Å². The summed E-state index contributed by atoms with van der Waals surface area (Å²) in [5, 5.41) is 13.9. The monoisotopic (exact) mass is 375 g/mol. The van der Waals surface area contributed by atoms with Crippen LogP contribution in [-0.2, 0) is 0 Å². The summed E-state index contributed by atoms with van der Waals surface area (Å²) in [4.78, 5) is 11.9. The zero-order chi connectivity index (χ0) is 15.5. The van der Waals surface area contributed by atoms with Crippen molar-refractivity contribution in [3.8, 4) is 0 Å². The van der Waals surface area contributed by atoms with Gasteiger partial charge in [0.15, 0.2) is 0 Å². The fraction of sp³-hybridized carbons (Fsp3) is 0.538. The predicted molar refractivity (Wildman–Crippen MR) is 85.4 cm³/mol. The Morgan fingerprint density at radius 3 is 2.39 bits per heavy atom. The van der Waals surface area contributed by atoms with Crippen molar-refractivity contribution in [2.45, 2.75) is 18.6 Å². The summed E-state index contributed by atoms with van der Waals surface area (Å²) in [6.07, 6.45) is -5.33. The Kier molecular flexibility index (Phi) is 8.83. The maximum atomic E-state index is 12.8. The van der Waals surface area contributed by atoms with Gasteiger partial charge in [0.1, 0.15) is 0 Å². The summed E-state index contributed by atoms with van der Waals surface area (Å²) in [5.74, 6) is 0. The Bertz CT molecular complexity index is 511. The zero-order valence-corrected chi connectivity index (χ0v) is 13.7. The third-order valence-electron chi connectivity index (χ3n) is 3.48. The largest absolute Gasteiger partial charge is 0.390 e. The Labute approximate surface area is 144 Å². The van der Waals surface area contributed by atoms with Crippen LogP contribution in [-0.4, -0.2) is 42.2 Å². The van der Waals surface area contributed by atoms with E-state index in [4.69, 9.17) is 0 Å². The minimum atomic E-state index is -4.32. The van der Waals surface area contributed by atoms with Gasteiger partial charge in [-0.3, -0.25) is 15.0 Å². The van der Waals surface area contributed by atoms with E-state index < -0.39 is 23.6 Å². The van der Waals surface area contributed by atoms with Crippen molar-refractivity contribution < 1.29 is 18.1 Å². The maximum absolute atomic E-state index is 12.8. The van der Waals surface area contributed by atoms with Gasteiger partial charge in [0, 0.05) is 44.4 Å². The summed E-state index contributed by atoms with van der Waals surface area (Å²) >= 11 is 0. The summed E-state index contributed by atoms with van der Waals surface area (Å²) in [6.45, 7) is 2.21. The fourth-order valence-electron chi connectivity index (χ4n) is 2.52. The molecule has 2 rings (SSSR count). The van der Waals surface area contributed by atoms with E-state index in [0.717, 1.165) is 0 Å². The predicted octanol–water partition coefficient (Wildman–Crippen LogP) is 3.34. The molecule has 1 fully saturated rings. The third kappa shape index (κ3) is 6.50. The fourth-order valence-corrected chi connectivity index (χ4v) is 2.52. The van der Waals surface area contributed by atoms with Crippen LogP contribution >= 0.6 is 24.8 Å². The van der Waals surface area contributed by atoms with E-state index in [1.807, 2.05) is 0 Å². The van der Waals surface area contributed by atoms with Crippen LogP contribution in [0.25, 0.3) is 0 Å². The van der Waals surface area contributed by atoms with Crippen molar-refractivity contribution in [2.24, 2.45) is 0 Å². The summed E-state index contributed by atoms with van der Waals surface area (Å²) in [6, 6.07) is 4.58.